The number of carbonyl (C=O) groups is 1. The number of aromatic amines is 1. The highest BCUT2D eigenvalue weighted by atomic mass is 16.3. The molecule has 1 aromatic heterocycles. The summed E-state index contributed by atoms with van der Waals surface area (Å²) in [5, 5.41) is 20.1. The van der Waals surface area contributed by atoms with Crippen molar-refractivity contribution >= 4 is 5.91 Å². The van der Waals surface area contributed by atoms with Gasteiger partial charge in [0.2, 0.25) is 5.91 Å². The number of H-pyrrole nitrogens is 1. The molecule has 1 aliphatic carbocycles. The van der Waals surface area contributed by atoms with Gasteiger partial charge >= 0.3 is 0 Å². The summed E-state index contributed by atoms with van der Waals surface area (Å²) in [7, 11) is 0. The second kappa shape index (κ2) is 5.33. The molecule has 0 aliphatic heterocycles. The summed E-state index contributed by atoms with van der Waals surface area (Å²) in [6, 6.07) is 7.52. The smallest absolute Gasteiger partial charge is 0.225 e. The number of benzene rings is 1. The first-order chi connectivity index (χ1) is 10.1. The van der Waals surface area contributed by atoms with Crippen molar-refractivity contribution in [1.82, 2.24) is 15.5 Å². The molecule has 21 heavy (non-hydrogen) atoms. The van der Waals surface area contributed by atoms with Gasteiger partial charge in [0.15, 0.2) is 0 Å². The number of rotatable bonds is 3. The molecule has 0 radical (unpaired) electrons. The summed E-state index contributed by atoms with van der Waals surface area (Å²) in [5.41, 5.74) is 4.79. The molecule has 3 N–H and O–H groups in total. The van der Waals surface area contributed by atoms with E-state index in [0.29, 0.717) is 6.42 Å². The van der Waals surface area contributed by atoms with Crippen LogP contribution in [0.2, 0.25) is 0 Å². The van der Waals surface area contributed by atoms with E-state index in [1.807, 2.05) is 38.1 Å². The van der Waals surface area contributed by atoms with E-state index in [4.69, 9.17) is 0 Å². The number of amides is 1. The number of fused-ring (bicyclic) bond motifs is 1. The first-order valence-corrected chi connectivity index (χ1v) is 7.12. The number of aromatic nitrogens is 2. The lowest BCUT2D eigenvalue weighted by atomic mass is 10.1. The maximum Gasteiger partial charge on any atom is 0.225 e. The number of aliphatic hydroxyl groups excluding tert-OH is 1. The van der Waals surface area contributed by atoms with Gasteiger partial charge in [0.05, 0.1) is 24.3 Å². The lowest BCUT2D eigenvalue weighted by Gasteiger charge is -2.18. The molecule has 2 atom stereocenters. The summed E-state index contributed by atoms with van der Waals surface area (Å²) in [4.78, 5) is 12.3. The van der Waals surface area contributed by atoms with Crippen LogP contribution in [0.5, 0.6) is 0 Å². The minimum Gasteiger partial charge on any atom is -0.390 e. The standard InChI is InChI=1S/C16H19N3O2/c1-9-13(10(2)19-18-9)8-15(21)17-16-12-6-4-3-5-11(12)7-14(16)20/h3-6,14,16,20H,7-8H2,1-2H3,(H,17,21)(H,18,19)/t14-,16+/m1/s1. The van der Waals surface area contributed by atoms with Crippen LogP contribution in [0.1, 0.15) is 34.1 Å². The molecule has 1 amide bonds. The van der Waals surface area contributed by atoms with E-state index in [9.17, 15) is 9.90 Å². The second-order valence-electron chi connectivity index (χ2n) is 5.60. The molecule has 3 rings (SSSR count). The molecule has 0 fully saturated rings. The van der Waals surface area contributed by atoms with E-state index >= 15 is 0 Å². The van der Waals surface area contributed by atoms with Gasteiger partial charge in [-0.3, -0.25) is 9.89 Å². The molecule has 1 heterocycles. The summed E-state index contributed by atoms with van der Waals surface area (Å²) in [5.74, 6) is -0.0941. The maximum atomic E-state index is 12.3. The Bertz CT molecular complexity index is 658. The lowest BCUT2D eigenvalue weighted by Crippen LogP contribution is -2.35. The fourth-order valence-electron chi connectivity index (χ4n) is 2.97. The van der Waals surface area contributed by atoms with Gasteiger partial charge in [0.25, 0.3) is 0 Å². The third-order valence-electron chi connectivity index (χ3n) is 4.14. The fourth-order valence-corrected chi connectivity index (χ4v) is 2.97. The predicted octanol–water partition coefficient (Wildman–Crippen LogP) is 1.34. The highest BCUT2D eigenvalue weighted by molar-refractivity contribution is 5.79. The minimum atomic E-state index is -0.558. The number of aryl methyl sites for hydroxylation is 2. The maximum absolute atomic E-state index is 12.3. The Morgan fingerprint density at radius 2 is 2.19 bits per heavy atom. The molecule has 0 saturated carbocycles. The summed E-state index contributed by atoms with van der Waals surface area (Å²) >= 11 is 0. The third-order valence-corrected chi connectivity index (χ3v) is 4.14. The first kappa shape index (κ1) is 13.8. The number of carbonyl (C=O) groups excluding carboxylic acids is 1. The van der Waals surface area contributed by atoms with Gasteiger partial charge in [-0.2, -0.15) is 5.10 Å². The van der Waals surface area contributed by atoms with Crippen LogP contribution in [-0.4, -0.2) is 27.3 Å². The van der Waals surface area contributed by atoms with Crippen molar-refractivity contribution in [2.45, 2.75) is 38.8 Å². The highest BCUT2D eigenvalue weighted by Gasteiger charge is 2.31. The zero-order chi connectivity index (χ0) is 15.0. The quantitative estimate of drug-likeness (QED) is 0.796. The average molecular weight is 285 g/mol. The van der Waals surface area contributed by atoms with Crippen molar-refractivity contribution in [3.05, 3.63) is 52.3 Å². The molecule has 2 aromatic rings. The van der Waals surface area contributed by atoms with Gasteiger partial charge in [0, 0.05) is 17.7 Å². The number of nitrogens with zero attached hydrogens (tertiary/aromatic N) is 1. The van der Waals surface area contributed by atoms with Crippen molar-refractivity contribution in [3.63, 3.8) is 0 Å². The van der Waals surface area contributed by atoms with Crippen molar-refractivity contribution in [2.75, 3.05) is 0 Å². The number of hydrogen-bond acceptors (Lipinski definition) is 3. The Labute approximate surface area is 123 Å². The topological polar surface area (TPSA) is 78.0 Å². The largest absolute Gasteiger partial charge is 0.390 e. The number of nitrogens with one attached hydrogen (secondary N) is 2. The van der Waals surface area contributed by atoms with Crippen LogP contribution in [-0.2, 0) is 17.6 Å². The van der Waals surface area contributed by atoms with Crippen LogP contribution in [0.3, 0.4) is 0 Å². The lowest BCUT2D eigenvalue weighted by molar-refractivity contribution is -0.122. The van der Waals surface area contributed by atoms with E-state index in [0.717, 1.165) is 28.1 Å². The van der Waals surface area contributed by atoms with Crippen molar-refractivity contribution in [1.29, 1.82) is 0 Å². The minimum absolute atomic E-state index is 0.0941. The first-order valence-electron chi connectivity index (χ1n) is 7.12. The van der Waals surface area contributed by atoms with Crippen LogP contribution in [0.25, 0.3) is 0 Å². The highest BCUT2D eigenvalue weighted by Crippen LogP contribution is 2.31. The van der Waals surface area contributed by atoms with Crippen molar-refractivity contribution in [3.8, 4) is 0 Å². The molecule has 110 valence electrons. The van der Waals surface area contributed by atoms with E-state index in [1.165, 1.54) is 0 Å². The van der Waals surface area contributed by atoms with Gasteiger partial charge in [-0.05, 0) is 25.0 Å². The Morgan fingerprint density at radius 3 is 2.90 bits per heavy atom. The van der Waals surface area contributed by atoms with Gasteiger partial charge in [-0.15, -0.1) is 0 Å². The molecular weight excluding hydrogens is 266 g/mol. The van der Waals surface area contributed by atoms with Gasteiger partial charge in [0.1, 0.15) is 0 Å². The Hall–Kier alpha value is -2.14. The zero-order valence-corrected chi connectivity index (χ0v) is 12.2. The SMILES string of the molecule is Cc1n[nH]c(C)c1CC(=O)N[C@H]1c2ccccc2C[C@H]1O. The van der Waals surface area contributed by atoms with Crippen molar-refractivity contribution < 1.29 is 9.90 Å². The Morgan fingerprint density at radius 1 is 1.43 bits per heavy atom. The molecule has 5 nitrogen and oxygen atoms in total. The summed E-state index contributed by atoms with van der Waals surface area (Å²) in [6.45, 7) is 3.79. The van der Waals surface area contributed by atoms with E-state index in [1.54, 1.807) is 0 Å². The van der Waals surface area contributed by atoms with E-state index < -0.39 is 6.10 Å². The number of aliphatic hydroxyl groups is 1. The van der Waals surface area contributed by atoms with Crippen LogP contribution < -0.4 is 5.32 Å². The molecule has 1 aliphatic rings. The van der Waals surface area contributed by atoms with Crippen LogP contribution in [0, 0.1) is 13.8 Å². The van der Waals surface area contributed by atoms with Crippen molar-refractivity contribution in [2.24, 2.45) is 0 Å². The van der Waals surface area contributed by atoms with E-state index in [2.05, 4.69) is 15.5 Å². The molecule has 0 bridgehead atoms. The summed E-state index contributed by atoms with van der Waals surface area (Å²) in [6.07, 6.45) is 0.308. The molecule has 0 unspecified atom stereocenters. The molecular formula is C16H19N3O2. The van der Waals surface area contributed by atoms with Gasteiger partial charge in [-0.25, -0.2) is 0 Å². The molecule has 5 heteroatoms. The predicted molar refractivity (Wildman–Crippen MR) is 78.8 cm³/mol. The fraction of sp³-hybridized carbons (Fsp3) is 0.375. The average Bonchev–Trinajstić information content (AvgIpc) is 2.93. The third kappa shape index (κ3) is 2.56. The van der Waals surface area contributed by atoms with Crippen LogP contribution in [0.15, 0.2) is 24.3 Å². The molecule has 0 spiro atoms. The Balaban J connectivity index is 1.74. The van der Waals surface area contributed by atoms with Crippen LogP contribution in [0.4, 0.5) is 0 Å². The monoisotopic (exact) mass is 285 g/mol. The van der Waals surface area contributed by atoms with Crippen LogP contribution >= 0.6 is 0 Å². The summed E-state index contributed by atoms with van der Waals surface area (Å²) < 4.78 is 0. The Kier molecular flexibility index (Phi) is 3.51. The molecule has 1 aromatic carbocycles. The zero-order valence-electron chi connectivity index (χ0n) is 12.2. The normalized spacial score (nSPS) is 20.3. The van der Waals surface area contributed by atoms with Gasteiger partial charge < -0.3 is 10.4 Å². The van der Waals surface area contributed by atoms with Gasteiger partial charge in [-0.1, -0.05) is 24.3 Å². The second-order valence-corrected chi connectivity index (χ2v) is 5.60. The number of hydrogen-bond donors (Lipinski definition) is 3. The van der Waals surface area contributed by atoms with E-state index in [-0.39, 0.29) is 18.4 Å². The molecule has 0 saturated heterocycles.